The molecule has 7 heteroatoms. The molecule has 0 bridgehead atoms. The third-order valence-electron chi connectivity index (χ3n) is 4.27. The lowest BCUT2D eigenvalue weighted by Gasteiger charge is -2.02. The first-order valence-corrected chi connectivity index (χ1v) is 9.89. The van der Waals surface area contributed by atoms with Crippen molar-refractivity contribution in [2.24, 2.45) is 0 Å². The van der Waals surface area contributed by atoms with E-state index in [1.54, 1.807) is 13.1 Å². The number of hydrogen-bond acceptors (Lipinski definition) is 5. The van der Waals surface area contributed by atoms with Crippen LogP contribution in [-0.4, -0.2) is 22.4 Å². The van der Waals surface area contributed by atoms with E-state index in [2.05, 4.69) is 17.0 Å². The molecule has 2 N–H and O–H groups in total. The van der Waals surface area contributed by atoms with E-state index < -0.39 is 0 Å². The van der Waals surface area contributed by atoms with Gasteiger partial charge in [0, 0.05) is 11.1 Å². The van der Waals surface area contributed by atoms with Crippen molar-refractivity contribution in [2.75, 3.05) is 11.9 Å². The van der Waals surface area contributed by atoms with Gasteiger partial charge in [-0.15, -0.1) is 11.3 Å². The van der Waals surface area contributed by atoms with Crippen LogP contribution in [0.3, 0.4) is 0 Å². The molecule has 0 aliphatic heterocycles. The van der Waals surface area contributed by atoms with E-state index in [0.29, 0.717) is 27.7 Å². The molecule has 0 unspecified atom stereocenters. The Bertz CT molecular complexity index is 1150. The molecular weight excluding hydrogens is 374 g/mol. The minimum absolute atomic E-state index is 0.216. The maximum atomic E-state index is 12.8. The van der Waals surface area contributed by atoms with Gasteiger partial charge >= 0.3 is 5.97 Å². The molecule has 3 rings (SSSR count). The second-order valence-electron chi connectivity index (χ2n) is 6.30. The Kier molecular flexibility index (Phi) is 5.84. The van der Waals surface area contributed by atoms with E-state index in [0.717, 1.165) is 22.5 Å². The van der Waals surface area contributed by atoms with Crippen LogP contribution in [0.4, 0.5) is 5.00 Å². The summed E-state index contributed by atoms with van der Waals surface area (Å²) in [6, 6.07) is 9.45. The number of carbonyl (C=O) groups excluding carboxylic acids is 1. The van der Waals surface area contributed by atoms with Crippen molar-refractivity contribution in [3.63, 3.8) is 0 Å². The Labute approximate surface area is 166 Å². The van der Waals surface area contributed by atoms with E-state index in [1.165, 1.54) is 16.0 Å². The summed E-state index contributed by atoms with van der Waals surface area (Å²) in [5, 5.41) is 7.63. The molecule has 1 aromatic carbocycles. The average Bonchev–Trinajstić information content (AvgIpc) is 3.22. The molecule has 2 aromatic heterocycles. The van der Waals surface area contributed by atoms with Gasteiger partial charge in [0.25, 0.3) is 5.56 Å². The molecule has 0 saturated carbocycles. The van der Waals surface area contributed by atoms with Crippen molar-refractivity contribution in [1.29, 1.82) is 0 Å². The third kappa shape index (κ3) is 3.94. The minimum atomic E-state index is -0.379. The molecule has 0 aliphatic carbocycles. The summed E-state index contributed by atoms with van der Waals surface area (Å²) in [5.74, 6) is -0.379. The quantitative estimate of drug-likeness (QED) is 0.627. The molecule has 0 fully saturated rings. The van der Waals surface area contributed by atoms with Gasteiger partial charge in [0.1, 0.15) is 5.00 Å². The van der Waals surface area contributed by atoms with Crippen molar-refractivity contribution in [2.45, 2.75) is 27.2 Å². The van der Waals surface area contributed by atoms with E-state index in [4.69, 9.17) is 4.74 Å². The van der Waals surface area contributed by atoms with Crippen molar-refractivity contribution in [1.82, 2.24) is 9.78 Å². The fourth-order valence-electron chi connectivity index (χ4n) is 2.74. The number of hydrogen-bond donors (Lipinski definition) is 2. The van der Waals surface area contributed by atoms with Crippen molar-refractivity contribution < 1.29 is 9.53 Å². The lowest BCUT2D eigenvalue weighted by atomic mass is 10.2. The lowest BCUT2D eigenvalue weighted by molar-refractivity contribution is 0.0528. The minimum Gasteiger partial charge on any atom is -0.462 e. The van der Waals surface area contributed by atoms with Gasteiger partial charge in [-0.3, -0.25) is 9.89 Å². The Morgan fingerprint density at radius 3 is 2.68 bits per heavy atom. The van der Waals surface area contributed by atoms with Crippen LogP contribution in [0.15, 0.2) is 35.1 Å². The van der Waals surface area contributed by atoms with Gasteiger partial charge in [-0.2, -0.15) is 0 Å². The monoisotopic (exact) mass is 397 g/mol. The molecule has 0 spiro atoms. The third-order valence-corrected chi connectivity index (χ3v) is 5.48. The Hall–Kier alpha value is -3.06. The van der Waals surface area contributed by atoms with Crippen LogP contribution in [0.25, 0.3) is 18.5 Å². The van der Waals surface area contributed by atoms with Crippen LogP contribution < -0.4 is 21.4 Å². The number of nitrogens with one attached hydrogen (secondary N) is 2. The molecule has 2 heterocycles. The first-order chi connectivity index (χ1) is 13.4. The highest BCUT2D eigenvalue weighted by atomic mass is 32.1. The first-order valence-electron chi connectivity index (χ1n) is 9.08. The zero-order valence-corrected chi connectivity index (χ0v) is 17.0. The van der Waals surface area contributed by atoms with Gasteiger partial charge in [0.05, 0.1) is 28.4 Å². The number of aryl methyl sites for hydroxylation is 2. The fourth-order valence-corrected chi connectivity index (χ4v) is 3.70. The highest BCUT2D eigenvalue weighted by molar-refractivity contribution is 7.16. The molecule has 6 nitrogen and oxygen atoms in total. The number of nitrogens with zero attached hydrogens (tertiary/aromatic N) is 1. The molecule has 0 amide bonds. The number of anilines is 1. The summed E-state index contributed by atoms with van der Waals surface area (Å²) in [4.78, 5) is 26.1. The summed E-state index contributed by atoms with van der Waals surface area (Å²) in [6.45, 7) is 10.0. The Morgan fingerprint density at radius 2 is 2.04 bits per heavy atom. The van der Waals surface area contributed by atoms with Crippen molar-refractivity contribution in [3.8, 4) is 5.69 Å². The number of rotatable bonds is 6. The van der Waals surface area contributed by atoms with Crippen LogP contribution in [-0.2, 0) is 11.2 Å². The van der Waals surface area contributed by atoms with Crippen LogP contribution in [0, 0.1) is 6.92 Å². The van der Waals surface area contributed by atoms with E-state index in [-0.39, 0.29) is 11.5 Å². The molecule has 3 aromatic rings. The highest BCUT2D eigenvalue weighted by Crippen LogP contribution is 2.29. The maximum Gasteiger partial charge on any atom is 0.341 e. The predicted octanol–water partition coefficient (Wildman–Crippen LogP) is 2.54. The van der Waals surface area contributed by atoms with Crippen molar-refractivity contribution in [3.05, 3.63) is 67.3 Å². The van der Waals surface area contributed by atoms with E-state index in [1.807, 2.05) is 44.2 Å². The molecular formula is C21H23N3O3S. The summed E-state index contributed by atoms with van der Waals surface area (Å²) in [6.07, 6.45) is 2.39. The Morgan fingerprint density at radius 1 is 1.32 bits per heavy atom. The standard InChI is InChI=1S/C21H23N3O3S/c1-5-16-11-17(21(26)27-6-2)19(28-16)22-12-18-14(4)23-24(20(18)25)15-9-7-13(3)8-10-15/h7-12,22-23H,4-6H2,1-3H3/b18-12+. The van der Waals surface area contributed by atoms with Gasteiger partial charge in [0.15, 0.2) is 0 Å². The van der Waals surface area contributed by atoms with Gasteiger partial charge in [-0.25, -0.2) is 9.48 Å². The van der Waals surface area contributed by atoms with Crippen LogP contribution >= 0.6 is 11.3 Å². The Balaban J connectivity index is 1.99. The number of carbonyl (C=O) groups is 1. The second kappa shape index (κ2) is 8.31. The molecule has 146 valence electrons. The van der Waals surface area contributed by atoms with Gasteiger partial charge in [-0.1, -0.05) is 31.2 Å². The van der Waals surface area contributed by atoms with Gasteiger partial charge < -0.3 is 10.1 Å². The summed E-state index contributed by atoms with van der Waals surface area (Å²) in [5.41, 5.74) is 2.10. The SMILES string of the molecule is C=c1[nH]n(-c2ccc(C)cc2)c(=O)/c1=C/Nc1sc(CC)cc1C(=O)OCC. The van der Waals surface area contributed by atoms with E-state index >= 15 is 0 Å². The largest absolute Gasteiger partial charge is 0.462 e. The van der Waals surface area contributed by atoms with Crippen LogP contribution in [0.1, 0.15) is 34.6 Å². The lowest BCUT2D eigenvalue weighted by Crippen LogP contribution is -2.34. The smallest absolute Gasteiger partial charge is 0.341 e. The van der Waals surface area contributed by atoms with Crippen molar-refractivity contribution >= 4 is 35.1 Å². The maximum absolute atomic E-state index is 12.8. The molecule has 0 atom stereocenters. The predicted molar refractivity (Wildman–Crippen MR) is 114 cm³/mol. The second-order valence-corrected chi connectivity index (χ2v) is 7.44. The number of ether oxygens (including phenoxy) is 1. The first kappa shape index (κ1) is 19.7. The number of H-pyrrole nitrogens is 1. The molecule has 0 saturated heterocycles. The number of benzene rings is 1. The average molecular weight is 398 g/mol. The normalized spacial score (nSPS) is 11.6. The van der Waals surface area contributed by atoms with Gasteiger partial charge in [0.2, 0.25) is 0 Å². The summed E-state index contributed by atoms with van der Waals surface area (Å²) < 4.78 is 6.58. The zero-order valence-electron chi connectivity index (χ0n) is 16.2. The molecule has 28 heavy (non-hydrogen) atoms. The highest BCUT2D eigenvalue weighted by Gasteiger charge is 2.16. The zero-order chi connectivity index (χ0) is 20.3. The summed E-state index contributed by atoms with van der Waals surface area (Å²) >= 11 is 1.47. The van der Waals surface area contributed by atoms with Crippen LogP contribution in [0.2, 0.25) is 0 Å². The van der Waals surface area contributed by atoms with E-state index in [9.17, 15) is 9.59 Å². The fraction of sp³-hybridized carbons (Fsp3) is 0.238. The summed E-state index contributed by atoms with van der Waals surface area (Å²) in [7, 11) is 0. The number of thiophene rings is 1. The molecule has 0 radical (unpaired) electrons. The molecule has 0 aliphatic rings. The number of aromatic amines is 1. The van der Waals surface area contributed by atoms with Crippen LogP contribution in [0.5, 0.6) is 0 Å². The number of aromatic nitrogens is 2. The topological polar surface area (TPSA) is 76.1 Å². The number of esters is 1. The van der Waals surface area contributed by atoms with Gasteiger partial charge in [-0.05, 0) is 38.5 Å².